The van der Waals surface area contributed by atoms with Crippen LogP contribution in [0.5, 0.6) is 0 Å². The van der Waals surface area contributed by atoms with Crippen LogP contribution in [0.25, 0.3) is 0 Å². The summed E-state index contributed by atoms with van der Waals surface area (Å²) in [6, 6.07) is 0. The smallest absolute Gasteiger partial charge is 0.305 e. The average molecular weight is 187 g/mol. The number of ether oxygens (including phenoxy) is 1. The van der Waals surface area contributed by atoms with Crippen molar-refractivity contribution in [2.45, 2.75) is 45.1 Å². The van der Waals surface area contributed by atoms with Crippen LogP contribution in [0.4, 0.5) is 0 Å². The van der Waals surface area contributed by atoms with Crippen LogP contribution in [-0.2, 0) is 9.53 Å². The summed E-state index contributed by atoms with van der Waals surface area (Å²) < 4.78 is 4.88. The summed E-state index contributed by atoms with van der Waals surface area (Å²) in [4.78, 5) is 10.9. The molecular weight excluding hydrogens is 168 g/mol. The number of rotatable bonds is 7. The molecule has 1 unspecified atom stereocenters. The molecule has 0 saturated carbocycles. The number of unbranched alkanes of at least 4 members (excludes halogenated alkanes) is 1. The van der Waals surface area contributed by atoms with Gasteiger partial charge in [0.25, 0.3) is 0 Å². The summed E-state index contributed by atoms with van der Waals surface area (Å²) in [5.74, 6) is -0.139. The van der Waals surface area contributed by atoms with Gasteiger partial charge >= 0.3 is 5.97 Å². The fourth-order valence-corrected chi connectivity index (χ4v) is 0.937. The second-order valence-corrected chi connectivity index (χ2v) is 3.12. The first-order chi connectivity index (χ1) is 6.16. The molecule has 0 bridgehead atoms. The van der Waals surface area contributed by atoms with Crippen molar-refractivity contribution < 1.29 is 14.6 Å². The lowest BCUT2D eigenvalue weighted by atomic mass is 10.1. The zero-order valence-corrected chi connectivity index (χ0v) is 8.29. The fourth-order valence-electron chi connectivity index (χ4n) is 0.937. The van der Waals surface area contributed by atoms with E-state index in [4.69, 9.17) is 9.84 Å². The van der Waals surface area contributed by atoms with Crippen molar-refractivity contribution in [3.63, 3.8) is 0 Å². The van der Waals surface area contributed by atoms with E-state index < -0.39 is 6.10 Å². The van der Waals surface area contributed by atoms with Crippen LogP contribution in [0.3, 0.4) is 0 Å². The molecule has 0 aliphatic heterocycles. The number of carbonyl (C=O) groups excluding carboxylic acids is 1. The maximum atomic E-state index is 10.9. The SMILES string of the molecule is [CH2]C(O)CCCCC(=O)OCCC. The summed E-state index contributed by atoms with van der Waals surface area (Å²) in [5, 5.41) is 8.83. The standard InChI is InChI=1S/C10H19O3/c1-3-8-13-10(12)7-5-4-6-9(2)11/h9,11H,2-8H2,1H3. The molecule has 0 saturated heterocycles. The van der Waals surface area contributed by atoms with Crippen molar-refractivity contribution in [3.8, 4) is 0 Å². The Bertz CT molecular complexity index is 132. The Labute approximate surface area is 80.1 Å². The quantitative estimate of drug-likeness (QED) is 0.487. The number of esters is 1. The van der Waals surface area contributed by atoms with Gasteiger partial charge in [0.15, 0.2) is 0 Å². The largest absolute Gasteiger partial charge is 0.466 e. The van der Waals surface area contributed by atoms with Crippen LogP contribution >= 0.6 is 0 Å². The maximum absolute atomic E-state index is 10.9. The van der Waals surface area contributed by atoms with Crippen molar-refractivity contribution >= 4 is 5.97 Å². The minimum atomic E-state index is -0.508. The van der Waals surface area contributed by atoms with Gasteiger partial charge in [0.05, 0.1) is 12.7 Å². The fraction of sp³-hybridized carbons (Fsp3) is 0.800. The van der Waals surface area contributed by atoms with Gasteiger partial charge < -0.3 is 9.84 Å². The summed E-state index contributed by atoms with van der Waals surface area (Å²) in [6.07, 6.45) is 3.06. The second kappa shape index (κ2) is 8.05. The van der Waals surface area contributed by atoms with E-state index in [1.54, 1.807) is 0 Å². The third kappa shape index (κ3) is 9.34. The molecule has 0 aromatic rings. The Balaban J connectivity index is 3.17. The van der Waals surface area contributed by atoms with Gasteiger partial charge in [0.2, 0.25) is 0 Å². The lowest BCUT2D eigenvalue weighted by molar-refractivity contribution is -0.143. The van der Waals surface area contributed by atoms with Gasteiger partial charge in [0, 0.05) is 6.42 Å². The average Bonchev–Trinajstić information content (AvgIpc) is 2.08. The molecule has 0 aromatic heterocycles. The molecule has 0 aliphatic rings. The van der Waals surface area contributed by atoms with Crippen LogP contribution in [0.1, 0.15) is 39.0 Å². The number of hydrogen-bond acceptors (Lipinski definition) is 3. The highest BCUT2D eigenvalue weighted by atomic mass is 16.5. The zero-order chi connectivity index (χ0) is 10.1. The highest BCUT2D eigenvalue weighted by Gasteiger charge is 2.02. The predicted molar refractivity (Wildman–Crippen MR) is 51.1 cm³/mol. The van der Waals surface area contributed by atoms with Gasteiger partial charge in [-0.3, -0.25) is 4.79 Å². The van der Waals surface area contributed by atoms with E-state index in [1.807, 2.05) is 6.92 Å². The maximum Gasteiger partial charge on any atom is 0.305 e. The van der Waals surface area contributed by atoms with Crippen molar-refractivity contribution in [2.24, 2.45) is 0 Å². The normalized spacial score (nSPS) is 12.5. The number of hydrogen-bond donors (Lipinski definition) is 1. The predicted octanol–water partition coefficient (Wildman–Crippen LogP) is 1.69. The molecule has 0 spiro atoms. The third-order valence-electron chi connectivity index (χ3n) is 1.64. The molecule has 0 rings (SSSR count). The first-order valence-corrected chi connectivity index (χ1v) is 4.83. The molecule has 0 amide bonds. The zero-order valence-electron chi connectivity index (χ0n) is 8.29. The highest BCUT2D eigenvalue weighted by molar-refractivity contribution is 5.69. The van der Waals surface area contributed by atoms with Crippen molar-refractivity contribution in [1.29, 1.82) is 0 Å². The first kappa shape index (κ1) is 12.4. The summed E-state index contributed by atoms with van der Waals surface area (Å²) in [5.41, 5.74) is 0. The van der Waals surface area contributed by atoms with Gasteiger partial charge in [-0.1, -0.05) is 13.3 Å². The van der Waals surface area contributed by atoms with Crippen molar-refractivity contribution in [1.82, 2.24) is 0 Å². The van der Waals surface area contributed by atoms with E-state index in [1.165, 1.54) is 0 Å². The van der Waals surface area contributed by atoms with Crippen LogP contribution in [0.2, 0.25) is 0 Å². The lowest BCUT2D eigenvalue weighted by Gasteiger charge is -2.04. The van der Waals surface area contributed by atoms with E-state index in [9.17, 15) is 4.79 Å². The Morgan fingerprint density at radius 1 is 1.54 bits per heavy atom. The molecule has 3 heteroatoms. The lowest BCUT2D eigenvalue weighted by Crippen LogP contribution is -2.05. The molecule has 77 valence electrons. The minimum absolute atomic E-state index is 0.139. The highest BCUT2D eigenvalue weighted by Crippen LogP contribution is 2.03. The monoisotopic (exact) mass is 187 g/mol. The molecule has 3 nitrogen and oxygen atoms in total. The van der Waals surface area contributed by atoms with E-state index in [0.717, 1.165) is 19.3 Å². The van der Waals surface area contributed by atoms with E-state index in [-0.39, 0.29) is 5.97 Å². The van der Waals surface area contributed by atoms with Crippen LogP contribution in [-0.4, -0.2) is 23.8 Å². The van der Waals surface area contributed by atoms with Crippen LogP contribution in [0.15, 0.2) is 0 Å². The van der Waals surface area contributed by atoms with Gasteiger partial charge in [-0.2, -0.15) is 0 Å². The molecule has 0 fully saturated rings. The Kier molecular flexibility index (Phi) is 7.69. The summed E-state index contributed by atoms with van der Waals surface area (Å²) >= 11 is 0. The Hall–Kier alpha value is -0.570. The van der Waals surface area contributed by atoms with Crippen LogP contribution < -0.4 is 0 Å². The van der Waals surface area contributed by atoms with E-state index in [2.05, 4.69) is 6.92 Å². The summed E-state index contributed by atoms with van der Waals surface area (Å²) in [6.45, 7) is 5.92. The molecule has 0 heterocycles. The van der Waals surface area contributed by atoms with Crippen molar-refractivity contribution in [2.75, 3.05) is 6.61 Å². The molecule has 0 aromatic carbocycles. The Morgan fingerprint density at radius 3 is 2.77 bits per heavy atom. The molecule has 0 aliphatic carbocycles. The molecule has 1 radical (unpaired) electrons. The molecular formula is C10H19O3. The second-order valence-electron chi connectivity index (χ2n) is 3.12. The number of carbonyl (C=O) groups is 1. The third-order valence-corrected chi connectivity index (χ3v) is 1.64. The molecule has 1 atom stereocenters. The Morgan fingerprint density at radius 2 is 2.23 bits per heavy atom. The molecule has 1 N–H and O–H groups in total. The van der Waals surface area contributed by atoms with Crippen LogP contribution in [0, 0.1) is 6.92 Å². The van der Waals surface area contributed by atoms with E-state index in [0.29, 0.717) is 19.4 Å². The van der Waals surface area contributed by atoms with Gasteiger partial charge in [0.1, 0.15) is 0 Å². The summed E-state index contributed by atoms with van der Waals surface area (Å²) in [7, 11) is 0. The minimum Gasteiger partial charge on any atom is -0.466 e. The topological polar surface area (TPSA) is 46.5 Å². The first-order valence-electron chi connectivity index (χ1n) is 4.83. The van der Waals surface area contributed by atoms with E-state index >= 15 is 0 Å². The number of aliphatic hydroxyl groups is 1. The van der Waals surface area contributed by atoms with Gasteiger partial charge in [-0.25, -0.2) is 0 Å². The molecule has 13 heavy (non-hydrogen) atoms. The van der Waals surface area contributed by atoms with Crippen molar-refractivity contribution in [3.05, 3.63) is 6.92 Å². The van der Waals surface area contributed by atoms with Gasteiger partial charge in [-0.05, 0) is 26.2 Å². The number of aliphatic hydroxyl groups excluding tert-OH is 1. The van der Waals surface area contributed by atoms with Gasteiger partial charge in [-0.15, -0.1) is 0 Å².